The molecular formula is C20H18ClNO2. The molecule has 1 heterocycles. The summed E-state index contributed by atoms with van der Waals surface area (Å²) in [6, 6.07) is 11.7. The molecule has 2 aromatic carbocycles. The first-order valence-electron chi connectivity index (χ1n) is 8.11. The summed E-state index contributed by atoms with van der Waals surface area (Å²) in [5.74, 6) is -0.413. The molecule has 0 saturated carbocycles. The summed E-state index contributed by atoms with van der Waals surface area (Å²) in [5, 5.41) is 13.9. The van der Waals surface area contributed by atoms with Gasteiger partial charge in [0.1, 0.15) is 0 Å². The van der Waals surface area contributed by atoms with Gasteiger partial charge in [-0.1, -0.05) is 42.0 Å². The number of halogens is 1. The molecule has 3 atom stereocenters. The minimum atomic E-state index is -0.864. The van der Waals surface area contributed by atoms with E-state index < -0.39 is 5.97 Å². The summed E-state index contributed by atoms with van der Waals surface area (Å²) in [7, 11) is 0. The van der Waals surface area contributed by atoms with Crippen LogP contribution in [0.4, 0.5) is 5.69 Å². The van der Waals surface area contributed by atoms with Crippen molar-refractivity contribution in [1.29, 1.82) is 0 Å². The maximum atomic E-state index is 11.7. The zero-order valence-electron chi connectivity index (χ0n) is 13.3. The zero-order chi connectivity index (χ0) is 16.8. The van der Waals surface area contributed by atoms with Crippen molar-refractivity contribution in [1.82, 2.24) is 0 Å². The Morgan fingerprint density at radius 1 is 1.21 bits per heavy atom. The molecule has 2 aliphatic rings. The van der Waals surface area contributed by atoms with Crippen LogP contribution in [-0.4, -0.2) is 11.1 Å². The molecule has 4 rings (SSSR count). The number of carboxylic acids is 1. The lowest BCUT2D eigenvalue weighted by Gasteiger charge is -2.39. The highest BCUT2D eigenvalue weighted by Crippen LogP contribution is 2.51. The Bertz CT molecular complexity index is 841. The first kappa shape index (κ1) is 15.3. The molecule has 0 unspecified atom stereocenters. The minimum Gasteiger partial charge on any atom is -0.478 e. The van der Waals surface area contributed by atoms with E-state index >= 15 is 0 Å². The number of benzene rings is 2. The van der Waals surface area contributed by atoms with Gasteiger partial charge in [-0.05, 0) is 54.2 Å². The number of carbonyl (C=O) groups is 1. The molecule has 3 nitrogen and oxygen atoms in total. The summed E-state index contributed by atoms with van der Waals surface area (Å²) in [6.07, 6.45) is 5.28. The van der Waals surface area contributed by atoms with Gasteiger partial charge >= 0.3 is 5.97 Å². The van der Waals surface area contributed by atoms with Crippen molar-refractivity contribution in [3.8, 4) is 0 Å². The Balaban J connectivity index is 1.86. The predicted molar refractivity (Wildman–Crippen MR) is 95.9 cm³/mol. The maximum Gasteiger partial charge on any atom is 0.336 e. The second kappa shape index (κ2) is 5.67. The monoisotopic (exact) mass is 339 g/mol. The van der Waals surface area contributed by atoms with Crippen molar-refractivity contribution in [2.75, 3.05) is 5.32 Å². The first-order valence-corrected chi connectivity index (χ1v) is 8.49. The lowest BCUT2D eigenvalue weighted by molar-refractivity contribution is 0.0695. The molecule has 122 valence electrons. The largest absolute Gasteiger partial charge is 0.478 e. The van der Waals surface area contributed by atoms with Gasteiger partial charge in [-0.3, -0.25) is 0 Å². The fourth-order valence-electron chi connectivity index (χ4n) is 4.04. The van der Waals surface area contributed by atoms with Crippen molar-refractivity contribution < 1.29 is 9.90 Å². The second-order valence-electron chi connectivity index (χ2n) is 6.55. The van der Waals surface area contributed by atoms with E-state index in [9.17, 15) is 9.90 Å². The minimum absolute atomic E-state index is 0.132. The van der Waals surface area contributed by atoms with Gasteiger partial charge in [0, 0.05) is 16.6 Å². The van der Waals surface area contributed by atoms with Crippen LogP contribution < -0.4 is 5.32 Å². The number of hydrogen-bond donors (Lipinski definition) is 2. The Hall–Kier alpha value is -2.26. The molecule has 0 spiro atoms. The Morgan fingerprint density at radius 2 is 1.96 bits per heavy atom. The van der Waals surface area contributed by atoms with Crippen molar-refractivity contribution >= 4 is 23.3 Å². The highest BCUT2D eigenvalue weighted by molar-refractivity contribution is 6.30. The average Bonchev–Trinajstić information content (AvgIpc) is 3.05. The summed E-state index contributed by atoms with van der Waals surface area (Å²) < 4.78 is 0. The fraction of sp³-hybridized carbons (Fsp3) is 0.250. The number of rotatable bonds is 2. The number of aromatic carboxylic acids is 1. The fourth-order valence-corrected chi connectivity index (χ4v) is 4.17. The van der Waals surface area contributed by atoms with Crippen LogP contribution in [0.15, 0.2) is 48.6 Å². The van der Waals surface area contributed by atoms with Crippen LogP contribution in [0.3, 0.4) is 0 Å². The van der Waals surface area contributed by atoms with E-state index in [0.717, 1.165) is 28.3 Å². The van der Waals surface area contributed by atoms with Crippen LogP contribution in [0.5, 0.6) is 0 Å². The molecule has 24 heavy (non-hydrogen) atoms. The molecule has 0 amide bonds. The molecule has 2 aromatic rings. The lowest BCUT2D eigenvalue weighted by atomic mass is 9.75. The molecule has 1 aliphatic carbocycles. The number of nitrogens with one attached hydrogen (secondary N) is 1. The summed E-state index contributed by atoms with van der Waals surface area (Å²) in [4.78, 5) is 11.7. The SMILES string of the molecule is Cc1ccc(C(=O)O)c2c1N[C@H](c1ccc(Cl)cc1)[C@@H]1CC=C[C@H]21. The third-order valence-electron chi connectivity index (χ3n) is 5.19. The Labute approximate surface area is 146 Å². The van der Waals surface area contributed by atoms with E-state index in [4.69, 9.17) is 11.6 Å². The molecule has 0 fully saturated rings. The summed E-state index contributed by atoms with van der Waals surface area (Å²) >= 11 is 6.03. The van der Waals surface area contributed by atoms with E-state index in [2.05, 4.69) is 29.6 Å². The smallest absolute Gasteiger partial charge is 0.336 e. The van der Waals surface area contributed by atoms with Crippen molar-refractivity contribution in [3.63, 3.8) is 0 Å². The molecule has 4 heteroatoms. The standard InChI is InChI=1S/C20H18ClNO2/c1-11-5-10-16(20(23)24)17-14-3-2-4-15(14)19(22-18(11)17)12-6-8-13(21)9-7-12/h2-3,5-10,14-15,19,22H,4H2,1H3,(H,23,24)/t14-,15+,19+/m0/s1. The molecular weight excluding hydrogens is 322 g/mol. The second-order valence-corrected chi connectivity index (χ2v) is 6.99. The summed E-state index contributed by atoms with van der Waals surface area (Å²) in [5.41, 5.74) is 4.55. The summed E-state index contributed by atoms with van der Waals surface area (Å²) in [6.45, 7) is 2.02. The van der Waals surface area contributed by atoms with Gasteiger partial charge in [-0.25, -0.2) is 4.79 Å². The van der Waals surface area contributed by atoms with Gasteiger partial charge in [0.2, 0.25) is 0 Å². The topological polar surface area (TPSA) is 49.3 Å². The molecule has 0 aromatic heterocycles. The van der Waals surface area contributed by atoms with Crippen LogP contribution in [-0.2, 0) is 0 Å². The lowest BCUT2D eigenvalue weighted by Crippen LogP contribution is -2.31. The van der Waals surface area contributed by atoms with E-state index in [0.29, 0.717) is 11.5 Å². The van der Waals surface area contributed by atoms with Gasteiger partial charge in [-0.2, -0.15) is 0 Å². The first-order chi connectivity index (χ1) is 11.6. The zero-order valence-corrected chi connectivity index (χ0v) is 14.0. The van der Waals surface area contributed by atoms with Gasteiger partial charge in [0.05, 0.1) is 11.6 Å². The average molecular weight is 340 g/mol. The third-order valence-corrected chi connectivity index (χ3v) is 5.44. The van der Waals surface area contributed by atoms with Crippen molar-refractivity contribution in [2.45, 2.75) is 25.3 Å². The number of carboxylic acid groups (broad SMARTS) is 1. The normalized spacial score (nSPS) is 24.2. The highest BCUT2D eigenvalue weighted by Gasteiger charge is 2.40. The van der Waals surface area contributed by atoms with E-state index in [-0.39, 0.29) is 12.0 Å². The van der Waals surface area contributed by atoms with Crippen LogP contribution in [0.2, 0.25) is 5.02 Å². The van der Waals surface area contributed by atoms with Crippen LogP contribution in [0.1, 0.15) is 45.4 Å². The number of hydrogen-bond acceptors (Lipinski definition) is 2. The third kappa shape index (κ3) is 2.31. The highest BCUT2D eigenvalue weighted by atomic mass is 35.5. The van der Waals surface area contributed by atoms with Crippen LogP contribution in [0.25, 0.3) is 0 Å². The van der Waals surface area contributed by atoms with Gasteiger partial charge in [0.15, 0.2) is 0 Å². The quantitative estimate of drug-likeness (QED) is 0.742. The van der Waals surface area contributed by atoms with E-state index in [1.54, 1.807) is 6.07 Å². The molecule has 0 bridgehead atoms. The Morgan fingerprint density at radius 3 is 2.67 bits per heavy atom. The molecule has 2 N–H and O–H groups in total. The Kier molecular flexibility index (Phi) is 3.61. The molecule has 1 aliphatic heterocycles. The number of aryl methyl sites for hydroxylation is 1. The number of allylic oxidation sites excluding steroid dienone is 2. The number of fused-ring (bicyclic) bond motifs is 3. The van der Waals surface area contributed by atoms with Crippen molar-refractivity contribution in [2.24, 2.45) is 5.92 Å². The predicted octanol–water partition coefficient (Wildman–Crippen LogP) is 5.17. The molecule has 0 radical (unpaired) electrons. The van der Waals surface area contributed by atoms with Gasteiger partial charge < -0.3 is 10.4 Å². The van der Waals surface area contributed by atoms with Crippen LogP contribution in [0, 0.1) is 12.8 Å². The van der Waals surface area contributed by atoms with Gasteiger partial charge in [0.25, 0.3) is 0 Å². The van der Waals surface area contributed by atoms with Gasteiger partial charge in [-0.15, -0.1) is 0 Å². The molecule has 0 saturated heterocycles. The maximum absolute atomic E-state index is 11.7. The number of anilines is 1. The van der Waals surface area contributed by atoms with Crippen molar-refractivity contribution in [3.05, 3.63) is 75.8 Å². The van der Waals surface area contributed by atoms with Crippen LogP contribution >= 0.6 is 11.6 Å². The van der Waals surface area contributed by atoms with E-state index in [1.165, 1.54) is 5.56 Å². The van der Waals surface area contributed by atoms with E-state index in [1.807, 2.05) is 25.1 Å².